The predicted molar refractivity (Wildman–Crippen MR) is 109 cm³/mol. The molecular formula is C22H18ClFN4. The molecule has 5 rings (SSSR count). The highest BCUT2D eigenvalue weighted by Crippen LogP contribution is 2.40. The van der Waals surface area contributed by atoms with Crippen molar-refractivity contribution in [1.82, 2.24) is 15.0 Å². The van der Waals surface area contributed by atoms with Crippen LogP contribution >= 0.6 is 11.6 Å². The number of nitrogens with zero attached hydrogens (tertiary/aromatic N) is 3. The molecule has 140 valence electrons. The van der Waals surface area contributed by atoms with E-state index >= 15 is 0 Å². The molecule has 0 amide bonds. The summed E-state index contributed by atoms with van der Waals surface area (Å²) >= 11 is 6.25. The standard InChI is InChI=1S/C22H18ClFN4/c1-13-2-4-14(5-3-13)21-20-17(18-10-15(23)6-7-19(18)27-20)8-9-28(21)22-25-11-16(24)12-26-22/h2-7,10-12,21,27H,8-9H2,1H3/t21-/m0/s1. The monoisotopic (exact) mass is 392 g/mol. The van der Waals surface area contributed by atoms with Crippen LogP contribution in [0, 0.1) is 12.7 Å². The van der Waals surface area contributed by atoms with Gasteiger partial charge in [-0.1, -0.05) is 41.4 Å². The lowest BCUT2D eigenvalue weighted by Crippen LogP contribution is -2.37. The fourth-order valence-corrected chi connectivity index (χ4v) is 4.20. The maximum atomic E-state index is 13.4. The lowest BCUT2D eigenvalue weighted by atomic mass is 9.92. The maximum absolute atomic E-state index is 13.4. The summed E-state index contributed by atoms with van der Waals surface area (Å²) in [6.45, 7) is 2.80. The first-order chi connectivity index (χ1) is 13.6. The Morgan fingerprint density at radius 1 is 1.11 bits per heavy atom. The molecule has 0 unspecified atom stereocenters. The molecule has 1 aliphatic rings. The highest BCUT2D eigenvalue weighted by molar-refractivity contribution is 6.31. The molecule has 0 saturated heterocycles. The molecule has 0 saturated carbocycles. The van der Waals surface area contributed by atoms with Gasteiger partial charge in [0.1, 0.15) is 0 Å². The third kappa shape index (κ3) is 2.83. The fraction of sp³-hybridized carbons (Fsp3) is 0.182. The summed E-state index contributed by atoms with van der Waals surface area (Å²) in [6, 6.07) is 14.3. The van der Waals surface area contributed by atoms with Crippen molar-refractivity contribution in [2.45, 2.75) is 19.4 Å². The van der Waals surface area contributed by atoms with Crippen LogP contribution in [0.3, 0.4) is 0 Å². The normalized spacial score (nSPS) is 16.4. The first kappa shape index (κ1) is 17.2. The first-order valence-electron chi connectivity index (χ1n) is 9.21. The van der Waals surface area contributed by atoms with E-state index in [0.717, 1.165) is 40.1 Å². The molecule has 0 bridgehead atoms. The van der Waals surface area contributed by atoms with Crippen molar-refractivity contribution in [1.29, 1.82) is 0 Å². The molecule has 2 aromatic carbocycles. The van der Waals surface area contributed by atoms with Gasteiger partial charge in [0.15, 0.2) is 5.82 Å². The number of aromatic nitrogens is 3. The maximum Gasteiger partial charge on any atom is 0.226 e. The number of aryl methyl sites for hydroxylation is 1. The summed E-state index contributed by atoms with van der Waals surface area (Å²) in [4.78, 5) is 14.2. The van der Waals surface area contributed by atoms with E-state index in [0.29, 0.717) is 5.95 Å². The molecule has 4 aromatic rings. The predicted octanol–water partition coefficient (Wildman–Crippen LogP) is 5.21. The van der Waals surface area contributed by atoms with Crippen LogP contribution in [-0.2, 0) is 6.42 Å². The lowest BCUT2D eigenvalue weighted by molar-refractivity contribution is 0.596. The minimum absolute atomic E-state index is 0.0824. The van der Waals surface area contributed by atoms with E-state index in [1.54, 1.807) is 0 Å². The molecule has 2 aromatic heterocycles. The summed E-state index contributed by atoms with van der Waals surface area (Å²) in [5.41, 5.74) is 5.78. The molecule has 28 heavy (non-hydrogen) atoms. The Labute approximate surface area is 167 Å². The first-order valence-corrected chi connectivity index (χ1v) is 9.59. The molecule has 1 atom stereocenters. The van der Waals surface area contributed by atoms with Crippen molar-refractivity contribution in [3.8, 4) is 0 Å². The average molecular weight is 393 g/mol. The molecule has 0 radical (unpaired) electrons. The minimum Gasteiger partial charge on any atom is -0.356 e. The molecule has 3 heterocycles. The number of aromatic amines is 1. The van der Waals surface area contributed by atoms with Crippen molar-refractivity contribution >= 4 is 28.5 Å². The number of anilines is 1. The Morgan fingerprint density at radius 3 is 2.61 bits per heavy atom. The number of halogens is 2. The zero-order valence-corrected chi connectivity index (χ0v) is 16.0. The summed E-state index contributed by atoms with van der Waals surface area (Å²) in [7, 11) is 0. The third-order valence-corrected chi connectivity index (χ3v) is 5.58. The van der Waals surface area contributed by atoms with Crippen molar-refractivity contribution in [2.75, 3.05) is 11.4 Å². The molecule has 1 aliphatic heterocycles. The second-order valence-electron chi connectivity index (χ2n) is 7.17. The number of fused-ring (bicyclic) bond motifs is 3. The summed E-state index contributed by atoms with van der Waals surface area (Å²) < 4.78 is 13.4. The van der Waals surface area contributed by atoms with E-state index < -0.39 is 5.82 Å². The van der Waals surface area contributed by atoms with Gasteiger partial charge in [-0.2, -0.15) is 0 Å². The van der Waals surface area contributed by atoms with Crippen LogP contribution in [-0.4, -0.2) is 21.5 Å². The Kier molecular flexibility index (Phi) is 4.05. The van der Waals surface area contributed by atoms with Gasteiger partial charge in [-0.3, -0.25) is 0 Å². The minimum atomic E-state index is -0.436. The fourth-order valence-electron chi connectivity index (χ4n) is 4.03. The summed E-state index contributed by atoms with van der Waals surface area (Å²) in [5, 5.41) is 1.88. The number of hydrogen-bond acceptors (Lipinski definition) is 3. The van der Waals surface area contributed by atoms with Gasteiger partial charge < -0.3 is 9.88 Å². The summed E-state index contributed by atoms with van der Waals surface area (Å²) in [6.07, 6.45) is 3.27. The lowest BCUT2D eigenvalue weighted by Gasteiger charge is -2.36. The summed E-state index contributed by atoms with van der Waals surface area (Å²) in [5.74, 6) is 0.0860. The highest BCUT2D eigenvalue weighted by Gasteiger charge is 2.33. The molecule has 0 aliphatic carbocycles. The zero-order chi connectivity index (χ0) is 19.3. The van der Waals surface area contributed by atoms with Gasteiger partial charge >= 0.3 is 0 Å². The van der Waals surface area contributed by atoms with Gasteiger partial charge in [-0.25, -0.2) is 14.4 Å². The van der Waals surface area contributed by atoms with Crippen LogP contribution in [0.15, 0.2) is 54.9 Å². The second-order valence-corrected chi connectivity index (χ2v) is 7.60. The van der Waals surface area contributed by atoms with Gasteiger partial charge in [-0.15, -0.1) is 0 Å². The van der Waals surface area contributed by atoms with Crippen molar-refractivity contribution in [3.05, 3.63) is 88.1 Å². The van der Waals surface area contributed by atoms with Crippen LogP contribution in [0.25, 0.3) is 10.9 Å². The highest BCUT2D eigenvalue weighted by atomic mass is 35.5. The Morgan fingerprint density at radius 2 is 1.86 bits per heavy atom. The van der Waals surface area contributed by atoms with Crippen LogP contribution in [0.5, 0.6) is 0 Å². The topological polar surface area (TPSA) is 44.8 Å². The van der Waals surface area contributed by atoms with Gasteiger partial charge in [0, 0.05) is 28.2 Å². The van der Waals surface area contributed by atoms with Crippen LogP contribution in [0.2, 0.25) is 5.02 Å². The average Bonchev–Trinajstić information content (AvgIpc) is 3.06. The van der Waals surface area contributed by atoms with E-state index in [1.165, 1.54) is 23.5 Å². The molecular weight excluding hydrogens is 375 g/mol. The second kappa shape index (κ2) is 6.60. The molecule has 0 fully saturated rings. The van der Waals surface area contributed by atoms with Crippen LogP contribution < -0.4 is 4.90 Å². The smallest absolute Gasteiger partial charge is 0.226 e. The van der Waals surface area contributed by atoms with Crippen LogP contribution in [0.1, 0.15) is 28.4 Å². The zero-order valence-electron chi connectivity index (χ0n) is 15.3. The number of hydrogen-bond donors (Lipinski definition) is 1. The van der Waals surface area contributed by atoms with E-state index in [2.05, 4.69) is 51.0 Å². The number of benzene rings is 2. The number of H-pyrrole nitrogens is 1. The number of rotatable bonds is 2. The Bertz CT molecular complexity index is 1150. The van der Waals surface area contributed by atoms with E-state index in [1.807, 2.05) is 18.2 Å². The largest absolute Gasteiger partial charge is 0.356 e. The van der Waals surface area contributed by atoms with Crippen molar-refractivity contribution in [2.24, 2.45) is 0 Å². The number of nitrogens with one attached hydrogen (secondary N) is 1. The third-order valence-electron chi connectivity index (χ3n) is 5.35. The van der Waals surface area contributed by atoms with E-state index in [4.69, 9.17) is 11.6 Å². The molecule has 0 spiro atoms. The quantitative estimate of drug-likeness (QED) is 0.509. The van der Waals surface area contributed by atoms with Crippen LogP contribution in [0.4, 0.5) is 10.3 Å². The van der Waals surface area contributed by atoms with Gasteiger partial charge in [0.2, 0.25) is 5.95 Å². The van der Waals surface area contributed by atoms with Gasteiger partial charge in [-0.05, 0) is 42.7 Å². The molecule has 4 nitrogen and oxygen atoms in total. The van der Waals surface area contributed by atoms with Gasteiger partial charge in [0.05, 0.1) is 18.4 Å². The molecule has 6 heteroatoms. The Balaban J connectivity index is 1.70. The van der Waals surface area contributed by atoms with E-state index in [9.17, 15) is 4.39 Å². The van der Waals surface area contributed by atoms with E-state index in [-0.39, 0.29) is 6.04 Å². The SMILES string of the molecule is Cc1ccc([C@H]2c3[nH]c4ccc(Cl)cc4c3CCN2c2ncc(F)cn2)cc1. The molecule has 1 N–H and O–H groups in total. The Hall–Kier alpha value is -2.92. The van der Waals surface area contributed by atoms with Gasteiger partial charge in [0.25, 0.3) is 0 Å². The van der Waals surface area contributed by atoms with Crippen molar-refractivity contribution < 1.29 is 4.39 Å². The van der Waals surface area contributed by atoms with Crippen molar-refractivity contribution in [3.63, 3.8) is 0 Å².